The molecule has 3 aromatic rings. The summed E-state index contributed by atoms with van der Waals surface area (Å²) in [5, 5.41) is 11.6. The molecule has 0 spiro atoms. The van der Waals surface area contributed by atoms with Crippen LogP contribution in [-0.2, 0) is 11.3 Å². The number of nitrogens with one attached hydrogen (secondary N) is 1. The van der Waals surface area contributed by atoms with E-state index in [1.54, 1.807) is 0 Å². The van der Waals surface area contributed by atoms with Crippen LogP contribution in [0.3, 0.4) is 0 Å². The quantitative estimate of drug-likeness (QED) is 0.713. The number of benzene rings is 1. The predicted octanol–water partition coefficient (Wildman–Crippen LogP) is 3.02. The maximum Gasteiger partial charge on any atom is 0.231 e. The molecule has 0 bridgehead atoms. The van der Waals surface area contributed by atoms with Gasteiger partial charge in [0.2, 0.25) is 11.9 Å². The average Bonchev–Trinajstić information content (AvgIpc) is 3.11. The molecule has 26 heavy (non-hydrogen) atoms. The third-order valence-electron chi connectivity index (χ3n) is 4.78. The second kappa shape index (κ2) is 7.45. The first-order valence-electron chi connectivity index (χ1n) is 8.78. The lowest BCUT2D eigenvalue weighted by Gasteiger charge is -2.32. The third-order valence-corrected chi connectivity index (χ3v) is 5.56. The molecule has 1 amide bonds. The van der Waals surface area contributed by atoms with Gasteiger partial charge in [0.05, 0.1) is 5.92 Å². The van der Waals surface area contributed by atoms with E-state index in [1.165, 1.54) is 0 Å². The molecule has 4 rings (SSSR count). The minimum atomic E-state index is -0.0395. The highest BCUT2D eigenvalue weighted by Gasteiger charge is 2.28. The standard InChI is InChI=1S/C19H20BrN5O/c20-16-8-2-1-6-14(16)12-21-18(26)15-7-5-10-24(13-15)19-23-22-17-9-3-4-11-25(17)19/h1-4,6,8-9,11,15H,5,7,10,12-13H2,(H,21,26)/t15-/m0/s1. The SMILES string of the molecule is O=C(NCc1ccccc1Br)[C@H]1CCCN(c2nnc3ccccn23)C1. The highest BCUT2D eigenvalue weighted by atomic mass is 79.9. The van der Waals surface area contributed by atoms with E-state index < -0.39 is 0 Å². The maximum absolute atomic E-state index is 12.7. The number of carbonyl (C=O) groups is 1. The molecule has 0 saturated carbocycles. The van der Waals surface area contributed by atoms with Gasteiger partial charge in [-0.2, -0.15) is 0 Å². The Labute approximate surface area is 160 Å². The number of amides is 1. The van der Waals surface area contributed by atoms with E-state index in [-0.39, 0.29) is 11.8 Å². The lowest BCUT2D eigenvalue weighted by molar-refractivity contribution is -0.125. The number of halogens is 1. The number of piperidine rings is 1. The number of pyridine rings is 1. The second-order valence-corrected chi connectivity index (χ2v) is 7.38. The van der Waals surface area contributed by atoms with Crippen molar-refractivity contribution in [3.8, 4) is 0 Å². The summed E-state index contributed by atoms with van der Waals surface area (Å²) in [7, 11) is 0. The largest absolute Gasteiger partial charge is 0.352 e. The zero-order valence-electron chi connectivity index (χ0n) is 14.3. The summed E-state index contributed by atoms with van der Waals surface area (Å²) in [4.78, 5) is 14.8. The summed E-state index contributed by atoms with van der Waals surface area (Å²) in [5.41, 5.74) is 1.90. The van der Waals surface area contributed by atoms with Gasteiger partial charge in [-0.25, -0.2) is 0 Å². The Morgan fingerprint density at radius 2 is 2.04 bits per heavy atom. The first-order chi connectivity index (χ1) is 12.7. The molecule has 3 heterocycles. The van der Waals surface area contributed by atoms with Gasteiger partial charge in [0.1, 0.15) is 0 Å². The van der Waals surface area contributed by atoms with Crippen LogP contribution < -0.4 is 10.2 Å². The smallest absolute Gasteiger partial charge is 0.231 e. The van der Waals surface area contributed by atoms with Crippen molar-refractivity contribution in [2.45, 2.75) is 19.4 Å². The van der Waals surface area contributed by atoms with Crippen molar-refractivity contribution >= 4 is 33.4 Å². The number of anilines is 1. The molecule has 1 aliphatic heterocycles. The van der Waals surface area contributed by atoms with Crippen molar-refractivity contribution < 1.29 is 4.79 Å². The molecule has 134 valence electrons. The van der Waals surface area contributed by atoms with Crippen molar-refractivity contribution in [1.82, 2.24) is 19.9 Å². The van der Waals surface area contributed by atoms with Gasteiger partial charge in [-0.3, -0.25) is 9.20 Å². The van der Waals surface area contributed by atoms with Crippen LogP contribution >= 0.6 is 15.9 Å². The van der Waals surface area contributed by atoms with Gasteiger partial charge in [-0.1, -0.05) is 40.2 Å². The van der Waals surface area contributed by atoms with E-state index in [2.05, 4.69) is 36.3 Å². The van der Waals surface area contributed by atoms with E-state index in [0.717, 1.165) is 41.0 Å². The molecule has 7 heteroatoms. The van der Waals surface area contributed by atoms with Crippen LogP contribution in [-0.4, -0.2) is 33.6 Å². The minimum absolute atomic E-state index is 0.0395. The summed E-state index contributed by atoms with van der Waals surface area (Å²) in [5.74, 6) is 0.866. The molecule has 0 aliphatic carbocycles. The minimum Gasteiger partial charge on any atom is -0.352 e. The van der Waals surface area contributed by atoms with E-state index in [4.69, 9.17) is 0 Å². The molecule has 1 atom stereocenters. The Morgan fingerprint density at radius 1 is 1.19 bits per heavy atom. The van der Waals surface area contributed by atoms with Crippen LogP contribution in [0.4, 0.5) is 5.95 Å². The highest BCUT2D eigenvalue weighted by Crippen LogP contribution is 2.23. The molecule has 1 aliphatic rings. The number of aromatic nitrogens is 3. The Hall–Kier alpha value is -2.41. The fourth-order valence-corrected chi connectivity index (χ4v) is 3.81. The van der Waals surface area contributed by atoms with Gasteiger partial charge in [-0.05, 0) is 36.6 Å². The van der Waals surface area contributed by atoms with Crippen molar-refractivity contribution in [2.24, 2.45) is 5.92 Å². The van der Waals surface area contributed by atoms with Crippen molar-refractivity contribution in [1.29, 1.82) is 0 Å². The Bertz CT molecular complexity index is 925. The number of hydrogen-bond acceptors (Lipinski definition) is 4. The van der Waals surface area contributed by atoms with E-state index in [1.807, 2.05) is 53.1 Å². The fraction of sp³-hybridized carbons (Fsp3) is 0.316. The summed E-state index contributed by atoms with van der Waals surface area (Å²) in [6.45, 7) is 2.09. The number of fused-ring (bicyclic) bond motifs is 1. The molecule has 1 N–H and O–H groups in total. The molecule has 6 nitrogen and oxygen atoms in total. The van der Waals surface area contributed by atoms with Gasteiger partial charge in [-0.15, -0.1) is 10.2 Å². The van der Waals surface area contributed by atoms with Crippen LogP contribution in [0.5, 0.6) is 0 Å². The van der Waals surface area contributed by atoms with E-state index in [9.17, 15) is 4.79 Å². The Balaban J connectivity index is 1.43. The predicted molar refractivity (Wildman–Crippen MR) is 104 cm³/mol. The van der Waals surface area contributed by atoms with Gasteiger partial charge in [0.25, 0.3) is 0 Å². The molecule has 0 radical (unpaired) electrons. The first-order valence-corrected chi connectivity index (χ1v) is 9.57. The highest BCUT2D eigenvalue weighted by molar-refractivity contribution is 9.10. The maximum atomic E-state index is 12.7. The first kappa shape index (κ1) is 17.0. The van der Waals surface area contributed by atoms with Gasteiger partial charge < -0.3 is 10.2 Å². The third kappa shape index (κ3) is 3.44. The van der Waals surface area contributed by atoms with Gasteiger partial charge in [0.15, 0.2) is 5.65 Å². The zero-order valence-corrected chi connectivity index (χ0v) is 15.9. The normalized spacial score (nSPS) is 17.4. The second-order valence-electron chi connectivity index (χ2n) is 6.52. The Kier molecular flexibility index (Phi) is 4.88. The van der Waals surface area contributed by atoms with Crippen LogP contribution in [0.25, 0.3) is 5.65 Å². The molecule has 2 aromatic heterocycles. The lowest BCUT2D eigenvalue weighted by atomic mass is 9.97. The number of rotatable bonds is 4. The molecular formula is C19H20BrN5O. The topological polar surface area (TPSA) is 62.5 Å². The number of carbonyl (C=O) groups excluding carboxylic acids is 1. The molecular weight excluding hydrogens is 394 g/mol. The van der Waals surface area contributed by atoms with Crippen molar-refractivity contribution in [3.05, 3.63) is 58.7 Å². The van der Waals surface area contributed by atoms with Crippen LogP contribution in [0.15, 0.2) is 53.1 Å². The lowest BCUT2D eigenvalue weighted by Crippen LogP contribution is -2.43. The molecule has 1 fully saturated rings. The van der Waals surface area contributed by atoms with Crippen LogP contribution in [0, 0.1) is 5.92 Å². The summed E-state index contributed by atoms with van der Waals surface area (Å²) in [6.07, 6.45) is 3.82. The van der Waals surface area contributed by atoms with Crippen molar-refractivity contribution in [2.75, 3.05) is 18.0 Å². The monoisotopic (exact) mass is 413 g/mol. The molecule has 1 aromatic carbocycles. The number of nitrogens with zero attached hydrogens (tertiary/aromatic N) is 4. The number of hydrogen-bond donors (Lipinski definition) is 1. The Morgan fingerprint density at radius 3 is 2.92 bits per heavy atom. The van der Waals surface area contributed by atoms with Crippen LogP contribution in [0.2, 0.25) is 0 Å². The molecule has 0 unspecified atom stereocenters. The van der Waals surface area contributed by atoms with E-state index >= 15 is 0 Å². The van der Waals surface area contributed by atoms with E-state index in [0.29, 0.717) is 13.1 Å². The van der Waals surface area contributed by atoms with Gasteiger partial charge >= 0.3 is 0 Å². The fourth-order valence-electron chi connectivity index (χ4n) is 3.39. The summed E-state index contributed by atoms with van der Waals surface area (Å²) < 4.78 is 2.99. The average molecular weight is 414 g/mol. The van der Waals surface area contributed by atoms with Crippen LogP contribution in [0.1, 0.15) is 18.4 Å². The van der Waals surface area contributed by atoms with Crippen molar-refractivity contribution in [3.63, 3.8) is 0 Å². The zero-order chi connectivity index (χ0) is 17.9. The van der Waals surface area contributed by atoms with Gasteiger partial charge in [0, 0.05) is 30.3 Å². The molecule has 1 saturated heterocycles. The summed E-state index contributed by atoms with van der Waals surface area (Å²) >= 11 is 3.52. The summed E-state index contributed by atoms with van der Waals surface area (Å²) in [6, 6.07) is 13.8.